The van der Waals surface area contributed by atoms with Crippen LogP contribution in [0.3, 0.4) is 0 Å². The molecule has 1 heteroatoms. The summed E-state index contributed by atoms with van der Waals surface area (Å²) < 4.78 is 6.57. The maximum atomic E-state index is 6.57. The first kappa shape index (κ1) is 21.8. The quantitative estimate of drug-likeness (QED) is 0.229. The number of hydrogen-bond donors (Lipinski definition) is 0. The number of hydrogen-bond acceptors (Lipinski definition) is 1. The smallest absolute Gasteiger partial charge is 0.123 e. The Morgan fingerprint density at radius 2 is 1.48 bits per heavy atom. The number of allylic oxidation sites excluding steroid dienone is 2. The molecule has 0 saturated carbocycles. The summed E-state index contributed by atoms with van der Waals surface area (Å²) >= 11 is 0. The molecule has 0 aliphatic rings. The standard InChI is InChI=1S/C24H40O/c1-4-7-10-16-20-23(19-12-8-5-2)25-24(21-13-9-6-3)22-17-14-11-15-18-22/h11,14-15,17-18,20,24H,4-10,12-13,16,19,21H2,1-3H3/b23-20+. The first-order valence-corrected chi connectivity index (χ1v) is 10.7. The Morgan fingerprint density at radius 3 is 2.16 bits per heavy atom. The molecule has 25 heavy (non-hydrogen) atoms. The molecule has 1 aromatic carbocycles. The summed E-state index contributed by atoms with van der Waals surface area (Å²) in [5, 5.41) is 0. The third-order valence-electron chi connectivity index (χ3n) is 4.74. The van der Waals surface area contributed by atoms with E-state index >= 15 is 0 Å². The van der Waals surface area contributed by atoms with Gasteiger partial charge in [0, 0.05) is 6.42 Å². The van der Waals surface area contributed by atoms with Crippen molar-refractivity contribution in [3.63, 3.8) is 0 Å². The first-order valence-electron chi connectivity index (χ1n) is 10.7. The summed E-state index contributed by atoms with van der Waals surface area (Å²) in [4.78, 5) is 0. The highest BCUT2D eigenvalue weighted by molar-refractivity contribution is 5.18. The van der Waals surface area contributed by atoms with E-state index < -0.39 is 0 Å². The predicted molar refractivity (Wildman–Crippen MR) is 111 cm³/mol. The van der Waals surface area contributed by atoms with Crippen LogP contribution >= 0.6 is 0 Å². The molecule has 1 rings (SSSR count). The van der Waals surface area contributed by atoms with Gasteiger partial charge < -0.3 is 4.74 Å². The lowest BCUT2D eigenvalue weighted by Crippen LogP contribution is -2.05. The molecule has 0 amide bonds. The van der Waals surface area contributed by atoms with Crippen molar-refractivity contribution in [1.82, 2.24) is 0 Å². The van der Waals surface area contributed by atoms with Crippen molar-refractivity contribution in [3.8, 4) is 0 Å². The summed E-state index contributed by atoms with van der Waals surface area (Å²) in [6, 6.07) is 10.8. The Bertz CT molecular complexity index is 435. The van der Waals surface area contributed by atoms with Crippen LogP contribution in [0.15, 0.2) is 42.2 Å². The summed E-state index contributed by atoms with van der Waals surface area (Å²) in [5.74, 6) is 1.23. The number of benzene rings is 1. The molecule has 0 aliphatic carbocycles. The average molecular weight is 345 g/mol. The fraction of sp³-hybridized carbons (Fsp3) is 0.667. The van der Waals surface area contributed by atoms with Gasteiger partial charge in [0.15, 0.2) is 0 Å². The Balaban J connectivity index is 2.73. The first-order chi connectivity index (χ1) is 12.3. The summed E-state index contributed by atoms with van der Waals surface area (Å²) in [7, 11) is 0. The Hall–Kier alpha value is -1.24. The lowest BCUT2D eigenvalue weighted by atomic mass is 10.0. The third-order valence-corrected chi connectivity index (χ3v) is 4.74. The fourth-order valence-electron chi connectivity index (χ4n) is 3.14. The zero-order valence-corrected chi connectivity index (χ0v) is 16.9. The molecule has 0 radical (unpaired) electrons. The molecule has 0 bridgehead atoms. The maximum absolute atomic E-state index is 6.57. The molecule has 1 unspecified atom stereocenters. The van der Waals surface area contributed by atoms with E-state index in [9.17, 15) is 0 Å². The summed E-state index contributed by atoms with van der Waals surface area (Å²) in [5.41, 5.74) is 1.33. The van der Waals surface area contributed by atoms with Gasteiger partial charge >= 0.3 is 0 Å². The molecule has 142 valence electrons. The minimum absolute atomic E-state index is 0.215. The maximum Gasteiger partial charge on any atom is 0.123 e. The van der Waals surface area contributed by atoms with Crippen LogP contribution in [0.25, 0.3) is 0 Å². The molecule has 1 nitrogen and oxygen atoms in total. The molecule has 0 aliphatic heterocycles. The van der Waals surface area contributed by atoms with Crippen LogP contribution in [0, 0.1) is 0 Å². The monoisotopic (exact) mass is 344 g/mol. The van der Waals surface area contributed by atoms with Gasteiger partial charge in [-0.1, -0.05) is 89.6 Å². The van der Waals surface area contributed by atoms with Crippen molar-refractivity contribution in [2.45, 2.75) is 104 Å². The van der Waals surface area contributed by atoms with Crippen molar-refractivity contribution in [3.05, 3.63) is 47.7 Å². The van der Waals surface area contributed by atoms with Gasteiger partial charge in [-0.2, -0.15) is 0 Å². The molecular weight excluding hydrogens is 304 g/mol. The zero-order valence-electron chi connectivity index (χ0n) is 16.9. The van der Waals surface area contributed by atoms with E-state index in [4.69, 9.17) is 4.74 Å². The molecule has 0 saturated heterocycles. The highest BCUT2D eigenvalue weighted by Gasteiger charge is 2.14. The van der Waals surface area contributed by atoms with Crippen LogP contribution in [0.5, 0.6) is 0 Å². The second kappa shape index (κ2) is 15.0. The second-order valence-electron chi connectivity index (χ2n) is 7.14. The van der Waals surface area contributed by atoms with E-state index in [0.29, 0.717) is 0 Å². The van der Waals surface area contributed by atoms with Gasteiger partial charge in [-0.25, -0.2) is 0 Å². The molecule has 0 spiro atoms. The second-order valence-corrected chi connectivity index (χ2v) is 7.14. The minimum Gasteiger partial charge on any atom is -0.490 e. The molecule has 0 N–H and O–H groups in total. The van der Waals surface area contributed by atoms with Gasteiger partial charge in [0.25, 0.3) is 0 Å². The van der Waals surface area contributed by atoms with E-state index in [0.717, 1.165) is 19.3 Å². The van der Waals surface area contributed by atoms with Crippen LogP contribution in [0.4, 0.5) is 0 Å². The zero-order chi connectivity index (χ0) is 18.2. The fourth-order valence-corrected chi connectivity index (χ4v) is 3.14. The normalized spacial score (nSPS) is 13.0. The van der Waals surface area contributed by atoms with E-state index in [1.165, 1.54) is 69.1 Å². The van der Waals surface area contributed by atoms with Crippen molar-refractivity contribution in [2.24, 2.45) is 0 Å². The van der Waals surface area contributed by atoms with Gasteiger partial charge in [-0.15, -0.1) is 0 Å². The van der Waals surface area contributed by atoms with Crippen molar-refractivity contribution < 1.29 is 4.74 Å². The highest BCUT2D eigenvalue weighted by Crippen LogP contribution is 2.28. The van der Waals surface area contributed by atoms with E-state index in [-0.39, 0.29) is 6.10 Å². The van der Waals surface area contributed by atoms with E-state index in [2.05, 4.69) is 57.2 Å². The molecule has 0 fully saturated rings. The van der Waals surface area contributed by atoms with Gasteiger partial charge in [0.2, 0.25) is 0 Å². The SMILES string of the molecule is CCCCC/C=C(\CCCCC)OC(CCCCC)c1ccccc1. The lowest BCUT2D eigenvalue weighted by molar-refractivity contribution is 0.0977. The van der Waals surface area contributed by atoms with Gasteiger partial charge in [-0.05, 0) is 43.7 Å². The Kier molecular flexibility index (Phi) is 13.1. The van der Waals surface area contributed by atoms with Crippen LogP contribution in [-0.2, 0) is 4.74 Å². The molecule has 1 atom stereocenters. The summed E-state index contributed by atoms with van der Waals surface area (Å²) in [6.45, 7) is 6.80. The Labute approximate surface area is 156 Å². The molecule has 1 aromatic rings. The number of ether oxygens (including phenoxy) is 1. The van der Waals surface area contributed by atoms with Crippen molar-refractivity contribution in [1.29, 1.82) is 0 Å². The predicted octanol–water partition coefficient (Wildman–Crippen LogP) is 8.37. The number of rotatable bonds is 15. The third kappa shape index (κ3) is 10.4. The van der Waals surface area contributed by atoms with Gasteiger partial charge in [0.05, 0.1) is 5.76 Å². The highest BCUT2D eigenvalue weighted by atomic mass is 16.5. The molecule has 0 aromatic heterocycles. The van der Waals surface area contributed by atoms with Crippen molar-refractivity contribution >= 4 is 0 Å². The van der Waals surface area contributed by atoms with Crippen LogP contribution < -0.4 is 0 Å². The van der Waals surface area contributed by atoms with E-state index in [1.807, 2.05) is 0 Å². The van der Waals surface area contributed by atoms with Crippen LogP contribution in [0.1, 0.15) is 109 Å². The van der Waals surface area contributed by atoms with E-state index in [1.54, 1.807) is 0 Å². The largest absolute Gasteiger partial charge is 0.490 e. The molecular formula is C24H40O. The Morgan fingerprint density at radius 1 is 0.840 bits per heavy atom. The minimum atomic E-state index is 0.215. The molecule has 0 heterocycles. The van der Waals surface area contributed by atoms with Gasteiger partial charge in [-0.3, -0.25) is 0 Å². The van der Waals surface area contributed by atoms with Crippen molar-refractivity contribution in [2.75, 3.05) is 0 Å². The topological polar surface area (TPSA) is 9.23 Å². The summed E-state index contributed by atoms with van der Waals surface area (Å²) in [6.07, 6.45) is 17.4. The average Bonchev–Trinajstić information content (AvgIpc) is 2.65. The lowest BCUT2D eigenvalue weighted by Gasteiger charge is -2.22. The van der Waals surface area contributed by atoms with Crippen LogP contribution in [0.2, 0.25) is 0 Å². The van der Waals surface area contributed by atoms with Gasteiger partial charge in [0.1, 0.15) is 6.10 Å². The van der Waals surface area contributed by atoms with Crippen LogP contribution in [-0.4, -0.2) is 0 Å². The number of unbranched alkanes of at least 4 members (excludes halogenated alkanes) is 7.